The average molecular weight is 365 g/mol. The van der Waals surface area contributed by atoms with Gasteiger partial charge in [0.2, 0.25) is 5.78 Å². The summed E-state index contributed by atoms with van der Waals surface area (Å²) < 4.78 is 6.78. The molecule has 134 valence electrons. The third kappa shape index (κ3) is 3.41. The molecule has 0 fully saturated rings. The number of nitrogens with two attached hydrogens (primary N) is 1. The molecule has 0 amide bonds. The van der Waals surface area contributed by atoms with Crippen molar-refractivity contribution in [2.45, 2.75) is 20.3 Å². The zero-order chi connectivity index (χ0) is 18.9. The van der Waals surface area contributed by atoms with E-state index in [9.17, 15) is 19.2 Å². The van der Waals surface area contributed by atoms with Crippen LogP contribution in [0.1, 0.15) is 37.4 Å². The van der Waals surface area contributed by atoms with Crippen LogP contribution in [0.2, 0.25) is 0 Å². The largest absolute Gasteiger partial charge is 0.453 e. The minimum atomic E-state index is -0.818. The van der Waals surface area contributed by atoms with Crippen molar-refractivity contribution >= 4 is 28.9 Å². The van der Waals surface area contributed by atoms with Gasteiger partial charge in [0.05, 0.1) is 0 Å². The number of carbonyl (C=O) groups excluding carboxylic acids is 2. The summed E-state index contributed by atoms with van der Waals surface area (Å²) in [5, 5.41) is 0. The van der Waals surface area contributed by atoms with Crippen LogP contribution < -0.4 is 17.0 Å². The normalized spacial score (nSPS) is 10.7. The van der Waals surface area contributed by atoms with Crippen molar-refractivity contribution in [2.75, 3.05) is 12.3 Å². The van der Waals surface area contributed by atoms with E-state index in [0.717, 1.165) is 26.0 Å². The Bertz CT molecular complexity index is 967. The Morgan fingerprint density at radius 1 is 1.24 bits per heavy atom. The first-order chi connectivity index (χ1) is 11.7. The van der Waals surface area contributed by atoms with E-state index in [1.165, 1.54) is 25.4 Å². The summed E-state index contributed by atoms with van der Waals surface area (Å²) in [5.74, 6) is -1.65. The smallest absolute Gasteiger partial charge is 0.348 e. The number of aromatic nitrogens is 2. The second-order valence-corrected chi connectivity index (χ2v) is 6.77. The van der Waals surface area contributed by atoms with Crippen LogP contribution in [0.15, 0.2) is 15.7 Å². The molecular formula is C16H19N3O5S. The highest BCUT2D eigenvalue weighted by molar-refractivity contribution is 7.14. The van der Waals surface area contributed by atoms with E-state index in [1.54, 1.807) is 6.07 Å². The van der Waals surface area contributed by atoms with E-state index in [-0.39, 0.29) is 11.4 Å². The highest BCUT2D eigenvalue weighted by Crippen LogP contribution is 2.22. The highest BCUT2D eigenvalue weighted by Gasteiger charge is 2.22. The molecule has 2 N–H and O–H groups in total. The zero-order valence-electron chi connectivity index (χ0n) is 14.4. The third-order valence-electron chi connectivity index (χ3n) is 3.93. The monoisotopic (exact) mass is 365 g/mol. The number of hydrogen-bond acceptors (Lipinski definition) is 7. The second-order valence-electron chi connectivity index (χ2n) is 5.51. The molecule has 2 rings (SSSR count). The Hall–Kier alpha value is -2.68. The first-order valence-corrected chi connectivity index (χ1v) is 8.35. The molecule has 2 aromatic heterocycles. The first-order valence-electron chi connectivity index (χ1n) is 7.54. The SMILES string of the molecule is CCc1cc(C(=O)OCC(=O)c2c(N)n(C)c(=O)n(C)c2=O)sc1C. The summed E-state index contributed by atoms with van der Waals surface area (Å²) >= 11 is 1.29. The minimum absolute atomic E-state index is 0.255. The van der Waals surface area contributed by atoms with Gasteiger partial charge in [0.1, 0.15) is 16.3 Å². The maximum Gasteiger partial charge on any atom is 0.348 e. The van der Waals surface area contributed by atoms with Crippen molar-refractivity contribution in [3.05, 3.63) is 47.8 Å². The summed E-state index contributed by atoms with van der Waals surface area (Å²) in [6, 6.07) is 1.73. The summed E-state index contributed by atoms with van der Waals surface area (Å²) in [5.41, 5.74) is 4.92. The Kier molecular flexibility index (Phi) is 5.27. The number of nitrogen functional groups attached to an aromatic ring is 1. The van der Waals surface area contributed by atoms with Gasteiger partial charge in [-0.2, -0.15) is 0 Å². The van der Waals surface area contributed by atoms with Crippen molar-refractivity contribution < 1.29 is 14.3 Å². The quantitative estimate of drug-likeness (QED) is 0.614. The van der Waals surface area contributed by atoms with Crippen LogP contribution in [0, 0.1) is 6.92 Å². The average Bonchev–Trinajstić information content (AvgIpc) is 2.97. The standard InChI is InChI=1S/C16H19N3O5S/c1-5-9-6-11(25-8(9)2)15(22)24-7-10(20)12-13(17)18(3)16(23)19(4)14(12)21/h6H,5,7,17H2,1-4H3. The molecule has 0 bridgehead atoms. The van der Waals surface area contributed by atoms with Crippen molar-refractivity contribution in [2.24, 2.45) is 14.1 Å². The number of ether oxygens (including phenoxy) is 1. The fraction of sp³-hybridized carbons (Fsp3) is 0.375. The molecule has 0 aromatic carbocycles. The van der Waals surface area contributed by atoms with Gasteiger partial charge >= 0.3 is 11.7 Å². The van der Waals surface area contributed by atoms with Gasteiger partial charge in [0.15, 0.2) is 6.61 Å². The Morgan fingerprint density at radius 3 is 2.44 bits per heavy atom. The van der Waals surface area contributed by atoms with Crippen LogP contribution in [0.3, 0.4) is 0 Å². The van der Waals surface area contributed by atoms with Crippen LogP contribution in [0.25, 0.3) is 0 Å². The molecule has 0 unspecified atom stereocenters. The predicted molar refractivity (Wildman–Crippen MR) is 94.4 cm³/mol. The molecule has 0 aliphatic heterocycles. The van der Waals surface area contributed by atoms with Crippen molar-refractivity contribution in [1.29, 1.82) is 0 Å². The van der Waals surface area contributed by atoms with Crippen LogP contribution in [-0.4, -0.2) is 27.5 Å². The van der Waals surface area contributed by atoms with Gasteiger partial charge in [-0.3, -0.25) is 18.7 Å². The number of hydrogen-bond donors (Lipinski definition) is 1. The zero-order valence-corrected chi connectivity index (χ0v) is 15.2. The van der Waals surface area contributed by atoms with Crippen LogP contribution >= 0.6 is 11.3 Å². The number of rotatable bonds is 5. The minimum Gasteiger partial charge on any atom is -0.453 e. The lowest BCUT2D eigenvalue weighted by atomic mass is 10.2. The van der Waals surface area contributed by atoms with Crippen LogP contribution in [0.5, 0.6) is 0 Å². The number of ketones is 1. The summed E-state index contributed by atoms with van der Waals surface area (Å²) in [6.07, 6.45) is 0.791. The van der Waals surface area contributed by atoms with Crippen molar-refractivity contribution in [1.82, 2.24) is 9.13 Å². The molecule has 8 nitrogen and oxygen atoms in total. The summed E-state index contributed by atoms with van der Waals surface area (Å²) in [7, 11) is 2.59. The predicted octanol–water partition coefficient (Wildman–Crippen LogP) is 0.638. The molecular weight excluding hydrogens is 346 g/mol. The fourth-order valence-electron chi connectivity index (χ4n) is 2.37. The molecule has 0 radical (unpaired) electrons. The lowest BCUT2D eigenvalue weighted by Gasteiger charge is -2.10. The topological polar surface area (TPSA) is 113 Å². The van der Waals surface area contributed by atoms with E-state index in [4.69, 9.17) is 10.5 Å². The third-order valence-corrected chi connectivity index (χ3v) is 5.00. The van der Waals surface area contributed by atoms with Crippen molar-refractivity contribution in [3.63, 3.8) is 0 Å². The van der Waals surface area contributed by atoms with Gasteiger partial charge in [-0.05, 0) is 25.0 Å². The molecule has 25 heavy (non-hydrogen) atoms. The van der Waals surface area contributed by atoms with E-state index < -0.39 is 29.6 Å². The second kappa shape index (κ2) is 7.06. The highest BCUT2D eigenvalue weighted by atomic mass is 32.1. The number of carbonyl (C=O) groups is 2. The Balaban J connectivity index is 2.22. The Morgan fingerprint density at radius 2 is 1.88 bits per heavy atom. The molecule has 0 atom stereocenters. The van der Waals surface area contributed by atoms with Gasteiger partial charge in [-0.15, -0.1) is 11.3 Å². The number of anilines is 1. The van der Waals surface area contributed by atoms with Gasteiger partial charge in [-0.1, -0.05) is 6.92 Å². The number of nitrogens with zero attached hydrogens (tertiary/aromatic N) is 2. The summed E-state index contributed by atoms with van der Waals surface area (Å²) in [4.78, 5) is 49.6. The van der Waals surface area contributed by atoms with E-state index in [0.29, 0.717) is 4.88 Å². The molecule has 2 heterocycles. The maximum absolute atomic E-state index is 12.3. The first kappa shape index (κ1) is 18.7. The number of esters is 1. The lowest BCUT2D eigenvalue weighted by Crippen LogP contribution is -2.42. The maximum atomic E-state index is 12.3. The fourth-order valence-corrected chi connectivity index (χ4v) is 3.38. The molecule has 0 spiro atoms. The Labute approximate surface area is 147 Å². The molecule has 2 aromatic rings. The molecule has 0 saturated carbocycles. The van der Waals surface area contributed by atoms with Crippen LogP contribution in [-0.2, 0) is 25.3 Å². The van der Waals surface area contributed by atoms with E-state index >= 15 is 0 Å². The molecule has 0 saturated heterocycles. The lowest BCUT2D eigenvalue weighted by molar-refractivity contribution is 0.0479. The van der Waals surface area contributed by atoms with Gasteiger partial charge in [0, 0.05) is 19.0 Å². The van der Waals surface area contributed by atoms with Crippen molar-refractivity contribution in [3.8, 4) is 0 Å². The molecule has 0 aliphatic carbocycles. The van der Waals surface area contributed by atoms with Crippen LogP contribution in [0.4, 0.5) is 5.82 Å². The van der Waals surface area contributed by atoms with E-state index in [2.05, 4.69) is 0 Å². The van der Waals surface area contributed by atoms with Gasteiger partial charge in [0.25, 0.3) is 5.56 Å². The van der Waals surface area contributed by atoms with Gasteiger partial charge in [-0.25, -0.2) is 9.59 Å². The van der Waals surface area contributed by atoms with Gasteiger partial charge < -0.3 is 10.5 Å². The number of aryl methyl sites for hydroxylation is 2. The summed E-state index contributed by atoms with van der Waals surface area (Å²) in [6.45, 7) is 3.25. The number of thiophene rings is 1. The molecule has 0 aliphatic rings. The molecule has 9 heteroatoms. The number of Topliss-reactive ketones (excluding diaryl/α,β-unsaturated/α-hetero) is 1. The van der Waals surface area contributed by atoms with E-state index in [1.807, 2.05) is 13.8 Å².